The molecule has 1 aromatic carbocycles. The quantitative estimate of drug-likeness (QED) is 0.863. The van der Waals surface area contributed by atoms with Gasteiger partial charge < -0.3 is 14.6 Å². The average molecular weight is 321 g/mol. The first-order valence-electron chi connectivity index (χ1n) is 7.64. The number of hydrogen-bond donors (Lipinski definition) is 1. The van der Waals surface area contributed by atoms with Crippen molar-refractivity contribution < 1.29 is 24.2 Å². The highest BCUT2D eigenvalue weighted by Gasteiger charge is 2.41. The summed E-state index contributed by atoms with van der Waals surface area (Å²) in [6.07, 6.45) is -1.21. The Morgan fingerprint density at radius 1 is 1.26 bits per heavy atom. The van der Waals surface area contributed by atoms with E-state index in [0.717, 1.165) is 5.56 Å². The number of aliphatic hydroxyl groups excluding tert-OH is 1. The van der Waals surface area contributed by atoms with Crippen LogP contribution in [0.15, 0.2) is 30.3 Å². The first-order valence-corrected chi connectivity index (χ1v) is 7.64. The van der Waals surface area contributed by atoms with Crippen LogP contribution in [0.1, 0.15) is 32.8 Å². The van der Waals surface area contributed by atoms with E-state index in [0.29, 0.717) is 0 Å². The molecule has 1 heterocycles. The van der Waals surface area contributed by atoms with Gasteiger partial charge in [-0.15, -0.1) is 0 Å². The number of esters is 1. The third-order valence-corrected chi connectivity index (χ3v) is 3.40. The highest BCUT2D eigenvalue weighted by atomic mass is 16.6. The maximum Gasteiger partial charge on any atom is 0.411 e. The lowest BCUT2D eigenvalue weighted by Crippen LogP contribution is -2.44. The van der Waals surface area contributed by atoms with Crippen molar-refractivity contribution in [2.75, 3.05) is 6.54 Å². The molecule has 1 aliphatic heterocycles. The highest BCUT2D eigenvalue weighted by molar-refractivity contribution is 5.82. The van der Waals surface area contributed by atoms with E-state index in [2.05, 4.69) is 0 Å². The number of hydrogen-bond acceptors (Lipinski definition) is 5. The lowest BCUT2D eigenvalue weighted by Gasteiger charge is -2.27. The summed E-state index contributed by atoms with van der Waals surface area (Å²) in [7, 11) is 0. The standard InChI is InChI=1S/C17H23NO5/c1-17(2,3)23-16(21)18-10-13(19)9-14(18)15(20)22-11-12-7-5-4-6-8-12/h4-8,13-14,19H,9-11H2,1-3H3/t13-,14-/m1/s1. The maximum absolute atomic E-state index is 12.3. The van der Waals surface area contributed by atoms with Crippen LogP contribution in [0, 0.1) is 0 Å². The van der Waals surface area contributed by atoms with Crippen LogP contribution in [0.25, 0.3) is 0 Å². The first kappa shape index (κ1) is 17.3. The molecule has 0 saturated carbocycles. The minimum Gasteiger partial charge on any atom is -0.459 e. The van der Waals surface area contributed by atoms with Gasteiger partial charge in [-0.25, -0.2) is 9.59 Å². The lowest BCUT2D eigenvalue weighted by atomic mass is 10.2. The van der Waals surface area contributed by atoms with Gasteiger partial charge in [0.15, 0.2) is 0 Å². The van der Waals surface area contributed by atoms with Crippen LogP contribution in [-0.4, -0.2) is 46.4 Å². The Bertz CT molecular complexity index is 552. The minimum atomic E-state index is -0.816. The number of ether oxygens (including phenoxy) is 2. The summed E-state index contributed by atoms with van der Waals surface area (Å²) in [6.45, 7) is 5.45. The fourth-order valence-electron chi connectivity index (χ4n) is 2.38. The maximum atomic E-state index is 12.3. The van der Waals surface area contributed by atoms with Crippen LogP contribution in [0.3, 0.4) is 0 Å². The molecule has 0 aromatic heterocycles. The van der Waals surface area contributed by atoms with Gasteiger partial charge in [0.1, 0.15) is 18.2 Å². The zero-order valence-electron chi connectivity index (χ0n) is 13.7. The molecule has 126 valence electrons. The molecule has 0 aliphatic carbocycles. The molecule has 1 aromatic rings. The summed E-state index contributed by atoms with van der Waals surface area (Å²) in [5, 5.41) is 9.79. The SMILES string of the molecule is CC(C)(C)OC(=O)N1C[C@H](O)C[C@@H]1C(=O)OCc1ccccc1. The van der Waals surface area contributed by atoms with Gasteiger partial charge >= 0.3 is 12.1 Å². The molecule has 2 rings (SSSR count). The van der Waals surface area contributed by atoms with Crippen LogP contribution >= 0.6 is 0 Å². The van der Waals surface area contributed by atoms with Crippen molar-refractivity contribution in [2.24, 2.45) is 0 Å². The first-order chi connectivity index (χ1) is 10.8. The molecular formula is C17H23NO5. The van der Waals surface area contributed by atoms with Crippen LogP contribution in [0.4, 0.5) is 4.79 Å². The van der Waals surface area contributed by atoms with Crippen LogP contribution in [0.2, 0.25) is 0 Å². The van der Waals surface area contributed by atoms with Crippen LogP contribution in [-0.2, 0) is 20.9 Å². The number of aliphatic hydroxyl groups is 1. The Hall–Kier alpha value is -2.08. The number of β-amino-alcohol motifs (C(OH)–C–C–N with tert-alkyl or cyclic N) is 1. The second kappa shape index (κ2) is 7.00. The average Bonchev–Trinajstić information content (AvgIpc) is 2.86. The van der Waals surface area contributed by atoms with E-state index in [1.54, 1.807) is 20.8 Å². The second-order valence-corrected chi connectivity index (χ2v) is 6.63. The smallest absolute Gasteiger partial charge is 0.411 e. The van der Waals surface area contributed by atoms with Crippen molar-refractivity contribution in [2.45, 2.75) is 51.5 Å². The van der Waals surface area contributed by atoms with Gasteiger partial charge in [-0.05, 0) is 26.3 Å². The molecule has 23 heavy (non-hydrogen) atoms. The van der Waals surface area contributed by atoms with Crippen molar-refractivity contribution in [3.8, 4) is 0 Å². The molecule has 1 saturated heterocycles. The third kappa shape index (κ3) is 4.96. The van der Waals surface area contributed by atoms with Crippen molar-refractivity contribution in [1.82, 2.24) is 4.90 Å². The third-order valence-electron chi connectivity index (χ3n) is 3.40. The highest BCUT2D eigenvalue weighted by Crippen LogP contribution is 2.22. The summed E-state index contributed by atoms with van der Waals surface area (Å²) in [6, 6.07) is 8.47. The van der Waals surface area contributed by atoms with E-state index in [-0.39, 0.29) is 19.6 Å². The molecule has 1 aliphatic rings. The van der Waals surface area contributed by atoms with Crippen molar-refractivity contribution >= 4 is 12.1 Å². The summed E-state index contributed by atoms with van der Waals surface area (Å²) in [5.41, 5.74) is 0.201. The Labute approximate surface area is 136 Å². The Kier molecular flexibility index (Phi) is 5.26. The number of rotatable bonds is 3. The van der Waals surface area contributed by atoms with Crippen molar-refractivity contribution in [3.63, 3.8) is 0 Å². The van der Waals surface area contributed by atoms with E-state index in [4.69, 9.17) is 9.47 Å². The summed E-state index contributed by atoms with van der Waals surface area (Å²) >= 11 is 0. The summed E-state index contributed by atoms with van der Waals surface area (Å²) in [5.74, 6) is -0.531. The zero-order chi connectivity index (χ0) is 17.0. The van der Waals surface area contributed by atoms with Gasteiger partial charge in [0.25, 0.3) is 0 Å². The van der Waals surface area contributed by atoms with Crippen LogP contribution in [0.5, 0.6) is 0 Å². The molecule has 0 spiro atoms. The van der Waals surface area contributed by atoms with E-state index in [1.165, 1.54) is 4.90 Å². The van der Waals surface area contributed by atoms with Gasteiger partial charge in [-0.3, -0.25) is 4.90 Å². The number of carbonyl (C=O) groups excluding carboxylic acids is 2. The van der Waals surface area contributed by atoms with Gasteiger partial charge in [0, 0.05) is 6.42 Å². The molecule has 6 heteroatoms. The predicted octanol–water partition coefficient (Wildman–Crippen LogP) is 2.10. The molecule has 0 unspecified atom stereocenters. The molecule has 2 atom stereocenters. The Balaban J connectivity index is 1.98. The molecule has 6 nitrogen and oxygen atoms in total. The van der Waals surface area contributed by atoms with Crippen molar-refractivity contribution in [1.29, 1.82) is 0 Å². The Morgan fingerprint density at radius 2 is 1.91 bits per heavy atom. The van der Waals surface area contributed by atoms with Gasteiger partial charge in [-0.1, -0.05) is 30.3 Å². The van der Waals surface area contributed by atoms with Gasteiger partial charge in [0.05, 0.1) is 12.6 Å². The summed E-state index contributed by atoms with van der Waals surface area (Å²) in [4.78, 5) is 25.7. The van der Waals surface area contributed by atoms with E-state index >= 15 is 0 Å². The fourth-order valence-corrected chi connectivity index (χ4v) is 2.38. The molecule has 0 radical (unpaired) electrons. The largest absolute Gasteiger partial charge is 0.459 e. The monoisotopic (exact) mass is 321 g/mol. The number of amides is 1. The topological polar surface area (TPSA) is 76.1 Å². The zero-order valence-corrected chi connectivity index (χ0v) is 13.7. The number of likely N-dealkylation sites (tertiary alicyclic amines) is 1. The van der Waals surface area contributed by atoms with Gasteiger partial charge in [0.2, 0.25) is 0 Å². The van der Waals surface area contributed by atoms with Gasteiger partial charge in [-0.2, -0.15) is 0 Å². The van der Waals surface area contributed by atoms with Crippen molar-refractivity contribution in [3.05, 3.63) is 35.9 Å². The summed E-state index contributed by atoms with van der Waals surface area (Å²) < 4.78 is 10.6. The molecule has 1 fully saturated rings. The predicted molar refractivity (Wildman–Crippen MR) is 83.6 cm³/mol. The van der Waals surface area contributed by atoms with E-state index in [1.807, 2.05) is 30.3 Å². The molecule has 1 amide bonds. The lowest BCUT2D eigenvalue weighted by molar-refractivity contribution is -0.150. The number of benzene rings is 1. The second-order valence-electron chi connectivity index (χ2n) is 6.63. The molecule has 0 bridgehead atoms. The minimum absolute atomic E-state index is 0.0695. The van der Waals surface area contributed by atoms with Crippen LogP contribution < -0.4 is 0 Å². The normalized spacial score (nSPS) is 21.1. The number of carbonyl (C=O) groups is 2. The Morgan fingerprint density at radius 3 is 2.52 bits per heavy atom. The molecular weight excluding hydrogens is 298 g/mol. The van der Waals surface area contributed by atoms with E-state index < -0.39 is 29.8 Å². The van der Waals surface area contributed by atoms with E-state index in [9.17, 15) is 14.7 Å². The fraction of sp³-hybridized carbons (Fsp3) is 0.529. The molecule has 1 N–H and O–H groups in total. The number of nitrogens with zero attached hydrogens (tertiary/aromatic N) is 1.